The highest BCUT2D eigenvalue weighted by Crippen LogP contribution is 2.34. The molecule has 5 rings (SSSR count). The van der Waals surface area contributed by atoms with Crippen LogP contribution in [0.4, 0.5) is 13.2 Å². The highest BCUT2D eigenvalue weighted by Gasteiger charge is 2.49. The predicted octanol–water partition coefficient (Wildman–Crippen LogP) is 4.92. The molecule has 2 aromatic carbocycles. The summed E-state index contributed by atoms with van der Waals surface area (Å²) in [7, 11) is 9.51. The summed E-state index contributed by atoms with van der Waals surface area (Å²) in [4.78, 5) is 186. The maximum absolute atomic E-state index is 15.4. The van der Waals surface area contributed by atoms with E-state index in [1.54, 1.807) is 56.9 Å². The number of hydrogen-bond donors (Lipinski definition) is 4. The van der Waals surface area contributed by atoms with Gasteiger partial charge in [0.1, 0.15) is 47.8 Å². The highest BCUT2D eigenvalue weighted by molar-refractivity contribution is 6.30. The third kappa shape index (κ3) is 21.6. The molecule has 1 saturated carbocycles. The Morgan fingerprint density at radius 3 is 1.66 bits per heavy atom. The zero-order valence-corrected chi connectivity index (χ0v) is 60.4. The van der Waals surface area contributed by atoms with Crippen molar-refractivity contribution >= 4 is 82.5 Å². The van der Waals surface area contributed by atoms with Crippen LogP contribution >= 0.6 is 11.6 Å². The van der Waals surface area contributed by atoms with E-state index in [-0.39, 0.29) is 56.8 Å². The number of alkyl halides is 3. The Morgan fingerprint density at radius 1 is 0.582 bits per heavy atom. The normalized spacial score (nSPS) is 24.3. The van der Waals surface area contributed by atoms with Gasteiger partial charge in [0.2, 0.25) is 70.9 Å². The number of benzene rings is 2. The lowest BCUT2D eigenvalue weighted by Gasteiger charge is -2.39. The summed E-state index contributed by atoms with van der Waals surface area (Å²) >= 11 is 6.23. The lowest BCUT2D eigenvalue weighted by Crippen LogP contribution is -2.64. The van der Waals surface area contributed by atoms with Gasteiger partial charge in [-0.1, -0.05) is 111 Å². The molecule has 4 N–H and O–H groups in total. The molecule has 0 radical (unpaired) electrons. The Bertz CT molecular complexity index is 3160. The van der Waals surface area contributed by atoms with Crippen LogP contribution in [0.1, 0.15) is 143 Å². The van der Waals surface area contributed by atoms with Gasteiger partial charge in [0.25, 0.3) is 0 Å². The number of likely N-dealkylation sites (tertiary alicyclic amines) is 1. The van der Waals surface area contributed by atoms with Crippen molar-refractivity contribution < 1.29 is 70.7 Å². The molecule has 8 atom stereocenters. The summed E-state index contributed by atoms with van der Waals surface area (Å²) in [6, 6.07) is 1.41. The molecule has 28 heteroatoms. The van der Waals surface area contributed by atoms with E-state index in [1.807, 2.05) is 27.7 Å². The minimum atomic E-state index is -4.64. The number of nitrogens with zero attached hydrogens (tertiary/aromatic N) is 8. The van der Waals surface area contributed by atoms with Gasteiger partial charge >= 0.3 is 6.18 Å². The van der Waals surface area contributed by atoms with Crippen molar-refractivity contribution in [2.24, 2.45) is 23.7 Å². The van der Waals surface area contributed by atoms with Gasteiger partial charge in [-0.3, -0.25) is 57.5 Å². The van der Waals surface area contributed by atoms with Crippen LogP contribution in [0.25, 0.3) is 0 Å². The molecular formula is C70H104ClF3N12O12. The lowest BCUT2D eigenvalue weighted by molar-refractivity contribution is -0.150. The number of amides is 12. The number of halogens is 4. The molecule has 0 aromatic heterocycles. The van der Waals surface area contributed by atoms with Crippen LogP contribution < -0.4 is 21.3 Å². The standard InChI is InChI=1S/C70H104ClF3N12O12/c1-16-45(8)59-67(97)81(11)40-57(89)79(9)41-58(90)82(12)54(37-47-23-28-49(71)29-24-47)66(96)80(10)39-55(87)75-50(30-25-46-21-26-48(27-22-46)70(72,73)74)64(94)83(13)53(36-43(4)5)62(92)78-69(31-17-18-32-69)68(98)84(14)52(35-42(2)3)61(91)76-51(65(95)86-33-19-20-34-86)38-56(88)85(15)60(44(6)7)63(93)77-59/h21-24,26-29,42-45,50-54,59-60H,16-20,25,30-41H2,1-15H3,(H,75,87)(H,76,91)(H,77,93)(H,78,92)/t45-,50-,51-,52-,53-,54-,59-,60-/m0/s1. The predicted molar refractivity (Wildman–Crippen MR) is 363 cm³/mol. The molecule has 3 fully saturated rings. The number of rotatable bonds is 13. The summed E-state index contributed by atoms with van der Waals surface area (Å²) in [6.45, 7) is 13.1. The Labute approximate surface area is 580 Å². The van der Waals surface area contributed by atoms with E-state index in [9.17, 15) is 51.5 Å². The van der Waals surface area contributed by atoms with Crippen molar-refractivity contribution in [3.05, 3.63) is 70.2 Å². The minimum Gasteiger partial charge on any atom is -0.343 e. The highest BCUT2D eigenvalue weighted by atomic mass is 35.5. The van der Waals surface area contributed by atoms with Gasteiger partial charge in [0, 0.05) is 73.9 Å². The van der Waals surface area contributed by atoms with Crippen molar-refractivity contribution in [1.29, 1.82) is 0 Å². The van der Waals surface area contributed by atoms with Crippen molar-refractivity contribution in [1.82, 2.24) is 60.5 Å². The fourth-order valence-corrected chi connectivity index (χ4v) is 13.1. The first-order chi connectivity index (χ1) is 45.8. The third-order valence-electron chi connectivity index (χ3n) is 19.2. The van der Waals surface area contributed by atoms with E-state index in [4.69, 9.17) is 11.6 Å². The molecule has 2 saturated heterocycles. The van der Waals surface area contributed by atoms with Crippen LogP contribution in [0, 0.1) is 23.7 Å². The molecule has 24 nitrogen and oxygen atoms in total. The first-order valence-corrected chi connectivity index (χ1v) is 34.4. The summed E-state index contributed by atoms with van der Waals surface area (Å²) in [6.07, 6.45) is -2.57. The van der Waals surface area contributed by atoms with Crippen LogP contribution in [0.15, 0.2) is 48.5 Å². The molecule has 544 valence electrons. The number of nitrogens with one attached hydrogen (secondary N) is 4. The van der Waals surface area contributed by atoms with E-state index in [0.717, 1.165) is 36.6 Å². The van der Waals surface area contributed by atoms with Gasteiger partial charge in [-0.15, -0.1) is 0 Å². The van der Waals surface area contributed by atoms with E-state index in [1.165, 1.54) is 71.3 Å². The molecule has 1 spiro atoms. The molecule has 0 unspecified atom stereocenters. The maximum Gasteiger partial charge on any atom is 0.416 e. The Kier molecular flexibility index (Phi) is 29.5. The molecular weight excluding hydrogens is 1290 g/mol. The van der Waals surface area contributed by atoms with Gasteiger partial charge in [0.15, 0.2) is 0 Å². The second-order valence-electron chi connectivity index (χ2n) is 28.1. The van der Waals surface area contributed by atoms with E-state index in [0.29, 0.717) is 61.3 Å². The fraction of sp³-hybridized carbons (Fsp3) is 0.657. The number of carbonyl (C=O) groups excluding carboxylic acids is 12. The Morgan fingerprint density at radius 2 is 1.12 bits per heavy atom. The molecule has 1 aliphatic carbocycles. The van der Waals surface area contributed by atoms with Crippen LogP contribution in [-0.4, -0.2) is 240 Å². The zero-order valence-electron chi connectivity index (χ0n) is 59.7. The first-order valence-electron chi connectivity index (χ1n) is 34.0. The third-order valence-corrected chi connectivity index (χ3v) is 19.4. The fourth-order valence-electron chi connectivity index (χ4n) is 13.0. The summed E-state index contributed by atoms with van der Waals surface area (Å²) in [5, 5.41) is 11.8. The van der Waals surface area contributed by atoms with Gasteiger partial charge in [-0.2, -0.15) is 13.2 Å². The SMILES string of the molecule is CC[C@H](C)[C@@H]1NC(=O)[C@H](C(C)C)N(C)C(=O)C[C@@H](C(=O)N2CCCC2)NC(=O)[C@H](CC(C)C)N(C)C(=O)C2(CCCC2)NC(=O)[C@H](CC(C)C)N(C)C(=O)[C@H](CCc2ccc(C(F)(F)F)cc2)NC(=O)CN(C)C(=O)[C@H](Cc2ccc(Cl)cc2)N(C)C(=O)CN(C)C(=O)CN(C)C1=O. The lowest BCUT2D eigenvalue weighted by atomic mass is 9.91. The molecule has 2 aromatic rings. The Hall–Kier alpha value is -7.84. The summed E-state index contributed by atoms with van der Waals surface area (Å²) in [5.74, 6) is -10.2. The Balaban J connectivity index is 1.63. The largest absolute Gasteiger partial charge is 0.416 e. The molecule has 3 aliphatic rings. The monoisotopic (exact) mass is 1400 g/mol. The molecule has 98 heavy (non-hydrogen) atoms. The van der Waals surface area contributed by atoms with Crippen LogP contribution in [0.2, 0.25) is 5.02 Å². The molecule has 12 amide bonds. The second kappa shape index (κ2) is 35.8. The number of carbonyl (C=O) groups is 12. The molecule has 2 aliphatic heterocycles. The minimum absolute atomic E-state index is 0.0345. The van der Waals surface area contributed by atoms with Crippen molar-refractivity contribution in [2.45, 2.75) is 193 Å². The van der Waals surface area contributed by atoms with Crippen LogP contribution in [-0.2, 0) is 76.6 Å². The number of likely N-dealkylation sites (N-methyl/N-ethyl adjacent to an activating group) is 7. The number of aryl methyl sites for hydroxylation is 1. The summed E-state index contributed by atoms with van der Waals surface area (Å²) in [5.41, 5.74) is -1.60. The maximum atomic E-state index is 15.4. The van der Waals surface area contributed by atoms with Gasteiger partial charge in [-0.25, -0.2) is 0 Å². The van der Waals surface area contributed by atoms with Crippen molar-refractivity contribution in [3.63, 3.8) is 0 Å². The smallest absolute Gasteiger partial charge is 0.343 e. The zero-order chi connectivity index (χ0) is 73.4. The van der Waals surface area contributed by atoms with E-state index >= 15 is 19.2 Å². The average Bonchev–Trinajstić information content (AvgIpc) is 1.49. The van der Waals surface area contributed by atoms with Crippen molar-refractivity contribution in [3.8, 4) is 0 Å². The van der Waals surface area contributed by atoms with Crippen LogP contribution in [0.5, 0.6) is 0 Å². The van der Waals surface area contributed by atoms with E-state index in [2.05, 4.69) is 21.3 Å². The molecule has 2 heterocycles. The average molecular weight is 1400 g/mol. The topological polar surface area (TPSA) is 279 Å². The second-order valence-corrected chi connectivity index (χ2v) is 28.6. The first kappa shape index (κ1) is 80.8. The summed E-state index contributed by atoms with van der Waals surface area (Å²) < 4.78 is 41.1. The quantitative estimate of drug-likeness (QED) is 0.208. The van der Waals surface area contributed by atoms with Gasteiger partial charge < -0.3 is 60.5 Å². The van der Waals surface area contributed by atoms with Gasteiger partial charge in [-0.05, 0) is 110 Å². The van der Waals surface area contributed by atoms with Gasteiger partial charge in [0.05, 0.1) is 31.6 Å². The number of hydrogen-bond acceptors (Lipinski definition) is 12. The van der Waals surface area contributed by atoms with Crippen LogP contribution in [0.3, 0.4) is 0 Å². The molecule has 0 bridgehead atoms. The van der Waals surface area contributed by atoms with Crippen molar-refractivity contribution in [2.75, 3.05) is 82.1 Å². The van der Waals surface area contributed by atoms with E-state index < -0.39 is 168 Å².